The molecule has 0 spiro atoms. The topological polar surface area (TPSA) is 20.3 Å². The molecule has 3 rings (SSSR count). The first-order valence-corrected chi connectivity index (χ1v) is 7.69. The van der Waals surface area contributed by atoms with Gasteiger partial charge in [-0.3, -0.25) is 4.79 Å². The molecule has 2 heteroatoms. The molecule has 1 fully saturated rings. The van der Waals surface area contributed by atoms with Gasteiger partial charge in [-0.1, -0.05) is 48.5 Å². The first-order valence-electron chi connectivity index (χ1n) is 7.69. The van der Waals surface area contributed by atoms with E-state index in [0.717, 1.165) is 24.9 Å². The van der Waals surface area contributed by atoms with Crippen LogP contribution in [0.5, 0.6) is 0 Å². The number of nitrogens with zero attached hydrogens (tertiary/aromatic N) is 1. The molecule has 21 heavy (non-hydrogen) atoms. The molecule has 2 nitrogen and oxygen atoms in total. The Morgan fingerprint density at radius 1 is 0.952 bits per heavy atom. The van der Waals surface area contributed by atoms with Gasteiger partial charge in [-0.25, -0.2) is 0 Å². The molecular weight excluding hydrogens is 258 g/mol. The largest absolute Gasteiger partial charge is 0.309 e. The minimum absolute atomic E-state index is 0.189. The van der Waals surface area contributed by atoms with Crippen molar-refractivity contribution in [2.24, 2.45) is 5.92 Å². The summed E-state index contributed by atoms with van der Waals surface area (Å²) in [6, 6.07) is 20.8. The van der Waals surface area contributed by atoms with Gasteiger partial charge in [-0.05, 0) is 43.9 Å². The van der Waals surface area contributed by atoms with Crippen LogP contribution in [-0.2, 0) is 11.2 Å². The van der Waals surface area contributed by atoms with Gasteiger partial charge in [0.05, 0.1) is 5.92 Å². The highest BCUT2D eigenvalue weighted by atomic mass is 16.2. The van der Waals surface area contributed by atoms with Crippen LogP contribution in [0.25, 0.3) is 0 Å². The van der Waals surface area contributed by atoms with Crippen molar-refractivity contribution >= 4 is 11.6 Å². The minimum atomic E-state index is 0.189. The fourth-order valence-corrected chi connectivity index (χ4v) is 3.17. The second-order valence-corrected chi connectivity index (χ2v) is 5.77. The van der Waals surface area contributed by atoms with E-state index >= 15 is 0 Å². The molecule has 2 aromatic carbocycles. The van der Waals surface area contributed by atoms with Gasteiger partial charge < -0.3 is 4.90 Å². The van der Waals surface area contributed by atoms with E-state index in [1.54, 1.807) is 0 Å². The second-order valence-electron chi connectivity index (χ2n) is 5.77. The summed E-state index contributed by atoms with van der Waals surface area (Å²) in [6.07, 6.45) is 3.12. The monoisotopic (exact) mass is 279 g/mol. The molecule has 0 bridgehead atoms. The lowest BCUT2D eigenvalue weighted by Gasteiger charge is -2.45. The molecule has 0 aliphatic carbocycles. The van der Waals surface area contributed by atoms with Crippen molar-refractivity contribution in [1.82, 2.24) is 0 Å². The van der Waals surface area contributed by atoms with E-state index in [0.29, 0.717) is 6.04 Å². The van der Waals surface area contributed by atoms with Crippen LogP contribution in [0.1, 0.15) is 25.3 Å². The van der Waals surface area contributed by atoms with Crippen molar-refractivity contribution < 1.29 is 4.79 Å². The Hall–Kier alpha value is -2.09. The average Bonchev–Trinajstić information content (AvgIpc) is 2.54. The fourth-order valence-electron chi connectivity index (χ4n) is 3.17. The highest BCUT2D eigenvalue weighted by Crippen LogP contribution is 2.35. The lowest BCUT2D eigenvalue weighted by Crippen LogP contribution is -2.59. The maximum absolute atomic E-state index is 12.3. The maximum atomic E-state index is 12.3. The average molecular weight is 279 g/mol. The zero-order valence-corrected chi connectivity index (χ0v) is 12.4. The van der Waals surface area contributed by atoms with Crippen LogP contribution < -0.4 is 4.90 Å². The summed E-state index contributed by atoms with van der Waals surface area (Å²) in [5.41, 5.74) is 2.38. The standard InChI is InChI=1S/C19H21NO/c1-15-18(14-8-11-16-9-4-2-5-10-16)19(21)20(15)17-12-6-3-7-13-17/h2-7,9-10,12-13,15,18H,8,11,14H2,1H3/t15-,18-/m0/s1. The number of aryl methyl sites for hydroxylation is 1. The van der Waals surface area contributed by atoms with E-state index < -0.39 is 0 Å². The third-order valence-corrected chi connectivity index (χ3v) is 4.40. The molecular formula is C19H21NO. The molecule has 0 N–H and O–H groups in total. The first kappa shape index (κ1) is 13.9. The highest BCUT2D eigenvalue weighted by molar-refractivity contribution is 6.02. The normalized spacial score (nSPS) is 21.2. The third kappa shape index (κ3) is 2.85. The van der Waals surface area contributed by atoms with Crippen LogP contribution >= 0.6 is 0 Å². The molecule has 1 heterocycles. The van der Waals surface area contributed by atoms with Crippen LogP contribution in [0.2, 0.25) is 0 Å². The molecule has 1 saturated heterocycles. The van der Waals surface area contributed by atoms with E-state index in [1.807, 2.05) is 41.3 Å². The Balaban J connectivity index is 1.53. The van der Waals surface area contributed by atoms with Gasteiger partial charge in [0, 0.05) is 11.7 Å². The number of rotatable bonds is 5. The van der Waals surface area contributed by atoms with Gasteiger partial charge in [0.2, 0.25) is 5.91 Å². The zero-order valence-electron chi connectivity index (χ0n) is 12.4. The molecule has 0 saturated carbocycles. The van der Waals surface area contributed by atoms with Crippen molar-refractivity contribution in [3.05, 3.63) is 66.2 Å². The quantitative estimate of drug-likeness (QED) is 0.756. The van der Waals surface area contributed by atoms with Crippen LogP contribution in [0, 0.1) is 5.92 Å². The minimum Gasteiger partial charge on any atom is -0.309 e. The Kier molecular flexibility index (Phi) is 4.05. The zero-order chi connectivity index (χ0) is 14.7. The molecule has 0 aromatic heterocycles. The Morgan fingerprint density at radius 2 is 1.57 bits per heavy atom. The van der Waals surface area contributed by atoms with Crippen molar-refractivity contribution in [3.63, 3.8) is 0 Å². The molecule has 2 aromatic rings. The van der Waals surface area contributed by atoms with E-state index in [-0.39, 0.29) is 11.8 Å². The predicted octanol–water partition coefficient (Wildman–Crippen LogP) is 4.06. The van der Waals surface area contributed by atoms with Crippen molar-refractivity contribution in [2.45, 2.75) is 32.2 Å². The van der Waals surface area contributed by atoms with E-state index in [2.05, 4.69) is 31.2 Å². The predicted molar refractivity (Wildman–Crippen MR) is 86.3 cm³/mol. The number of carbonyl (C=O) groups excluding carboxylic acids is 1. The Morgan fingerprint density at radius 3 is 2.19 bits per heavy atom. The molecule has 1 aliphatic heterocycles. The summed E-state index contributed by atoms with van der Waals surface area (Å²) in [5, 5.41) is 0. The second kappa shape index (κ2) is 6.13. The summed E-state index contributed by atoms with van der Waals surface area (Å²) in [5.74, 6) is 0.468. The summed E-state index contributed by atoms with van der Waals surface area (Å²) < 4.78 is 0. The van der Waals surface area contributed by atoms with E-state index in [9.17, 15) is 4.79 Å². The van der Waals surface area contributed by atoms with Crippen LogP contribution in [0.15, 0.2) is 60.7 Å². The lowest BCUT2D eigenvalue weighted by atomic mass is 9.83. The van der Waals surface area contributed by atoms with Crippen molar-refractivity contribution in [1.29, 1.82) is 0 Å². The summed E-state index contributed by atoms with van der Waals surface area (Å²) in [7, 11) is 0. The number of hydrogen-bond acceptors (Lipinski definition) is 1. The number of carbonyl (C=O) groups is 1. The van der Waals surface area contributed by atoms with Gasteiger partial charge in [0.25, 0.3) is 0 Å². The first-order chi connectivity index (χ1) is 10.3. The van der Waals surface area contributed by atoms with Crippen LogP contribution in [-0.4, -0.2) is 11.9 Å². The van der Waals surface area contributed by atoms with Gasteiger partial charge in [-0.15, -0.1) is 0 Å². The van der Waals surface area contributed by atoms with Crippen LogP contribution in [0.3, 0.4) is 0 Å². The molecule has 0 unspecified atom stereocenters. The maximum Gasteiger partial charge on any atom is 0.232 e. The van der Waals surface area contributed by atoms with Crippen molar-refractivity contribution in [2.75, 3.05) is 4.90 Å². The number of anilines is 1. The lowest BCUT2D eigenvalue weighted by molar-refractivity contribution is -0.130. The number of β-lactam (4-membered cyclic amide) rings is 1. The number of hydrogen-bond donors (Lipinski definition) is 0. The molecule has 1 aliphatic rings. The van der Waals surface area contributed by atoms with Crippen molar-refractivity contribution in [3.8, 4) is 0 Å². The van der Waals surface area contributed by atoms with E-state index in [4.69, 9.17) is 0 Å². The number of benzene rings is 2. The summed E-state index contributed by atoms with van der Waals surface area (Å²) >= 11 is 0. The SMILES string of the molecule is C[C@H]1[C@H](CCCc2ccccc2)C(=O)N1c1ccccc1. The third-order valence-electron chi connectivity index (χ3n) is 4.40. The molecule has 1 amide bonds. The smallest absolute Gasteiger partial charge is 0.232 e. The number of amides is 1. The van der Waals surface area contributed by atoms with E-state index in [1.165, 1.54) is 5.56 Å². The molecule has 0 radical (unpaired) electrons. The van der Waals surface area contributed by atoms with Crippen LogP contribution in [0.4, 0.5) is 5.69 Å². The summed E-state index contributed by atoms with van der Waals surface area (Å²) in [6.45, 7) is 2.15. The van der Waals surface area contributed by atoms with Gasteiger partial charge >= 0.3 is 0 Å². The Labute approximate surface area is 126 Å². The highest BCUT2D eigenvalue weighted by Gasteiger charge is 2.44. The van der Waals surface area contributed by atoms with Gasteiger partial charge in [0.1, 0.15) is 0 Å². The number of para-hydroxylation sites is 1. The summed E-state index contributed by atoms with van der Waals surface area (Å²) in [4.78, 5) is 14.3. The molecule has 108 valence electrons. The Bertz CT molecular complexity index is 593. The fraction of sp³-hybridized carbons (Fsp3) is 0.316. The molecule has 2 atom stereocenters. The van der Waals surface area contributed by atoms with Gasteiger partial charge in [0.15, 0.2) is 0 Å². The van der Waals surface area contributed by atoms with Gasteiger partial charge in [-0.2, -0.15) is 0 Å².